The van der Waals surface area contributed by atoms with Gasteiger partial charge in [0, 0.05) is 5.39 Å². The Labute approximate surface area is 132 Å². The fraction of sp³-hybridized carbons (Fsp3) is 0. The van der Waals surface area contributed by atoms with Crippen LogP contribution in [0.2, 0.25) is 5.02 Å². The van der Waals surface area contributed by atoms with Gasteiger partial charge in [-0.15, -0.1) is 0 Å². The zero-order valence-corrected chi connectivity index (χ0v) is 12.8. The summed E-state index contributed by atoms with van der Waals surface area (Å²) in [4.78, 5) is -0.0608. The first-order valence-corrected chi connectivity index (χ1v) is 8.17. The standard InChI is InChI=1S/C16H11ClO4S/c17-15-10-5-11-3-1-2-4-14(11)16(15)21-22(19,20)13-8-6-12(18)7-9-13/h1-10,18H. The lowest BCUT2D eigenvalue weighted by molar-refractivity contribution is 0.473. The van der Waals surface area contributed by atoms with Crippen LogP contribution in [-0.2, 0) is 10.1 Å². The van der Waals surface area contributed by atoms with E-state index < -0.39 is 10.1 Å². The average Bonchev–Trinajstić information content (AvgIpc) is 2.50. The van der Waals surface area contributed by atoms with Gasteiger partial charge in [0.25, 0.3) is 0 Å². The molecule has 6 heteroatoms. The number of phenolic OH excluding ortho intramolecular Hbond substituents is 1. The van der Waals surface area contributed by atoms with E-state index in [0.717, 1.165) is 5.39 Å². The van der Waals surface area contributed by atoms with Crippen molar-refractivity contribution in [3.8, 4) is 11.5 Å². The predicted molar refractivity (Wildman–Crippen MR) is 84.9 cm³/mol. The van der Waals surface area contributed by atoms with Gasteiger partial charge in [-0.3, -0.25) is 0 Å². The summed E-state index contributed by atoms with van der Waals surface area (Å²) in [6.07, 6.45) is 0. The highest BCUT2D eigenvalue weighted by molar-refractivity contribution is 7.87. The van der Waals surface area contributed by atoms with E-state index in [2.05, 4.69) is 0 Å². The summed E-state index contributed by atoms with van der Waals surface area (Å²) in [5.74, 6) is 0.0648. The summed E-state index contributed by atoms with van der Waals surface area (Å²) in [7, 11) is -4.04. The van der Waals surface area contributed by atoms with Gasteiger partial charge >= 0.3 is 10.1 Å². The van der Waals surface area contributed by atoms with E-state index in [-0.39, 0.29) is 21.4 Å². The summed E-state index contributed by atoms with van der Waals surface area (Å²) < 4.78 is 29.9. The maximum absolute atomic E-state index is 12.3. The Morgan fingerprint density at radius 2 is 1.59 bits per heavy atom. The van der Waals surface area contributed by atoms with E-state index in [1.807, 2.05) is 12.1 Å². The molecule has 0 aliphatic rings. The van der Waals surface area contributed by atoms with Crippen LogP contribution < -0.4 is 4.18 Å². The molecule has 0 amide bonds. The van der Waals surface area contributed by atoms with Crippen molar-refractivity contribution >= 4 is 32.5 Å². The van der Waals surface area contributed by atoms with Gasteiger partial charge in [-0.25, -0.2) is 0 Å². The molecule has 0 saturated carbocycles. The second-order valence-electron chi connectivity index (χ2n) is 4.63. The van der Waals surface area contributed by atoms with Gasteiger partial charge < -0.3 is 9.29 Å². The highest BCUT2D eigenvalue weighted by Gasteiger charge is 2.20. The average molecular weight is 335 g/mol. The van der Waals surface area contributed by atoms with Gasteiger partial charge in [0.05, 0.1) is 5.02 Å². The molecule has 0 atom stereocenters. The normalized spacial score (nSPS) is 11.5. The van der Waals surface area contributed by atoms with Crippen LogP contribution >= 0.6 is 11.6 Å². The van der Waals surface area contributed by atoms with Crippen LogP contribution in [0.15, 0.2) is 65.6 Å². The van der Waals surface area contributed by atoms with Crippen molar-refractivity contribution in [1.82, 2.24) is 0 Å². The van der Waals surface area contributed by atoms with E-state index >= 15 is 0 Å². The number of hydrogen-bond acceptors (Lipinski definition) is 4. The summed E-state index contributed by atoms with van der Waals surface area (Å²) in [6.45, 7) is 0. The minimum Gasteiger partial charge on any atom is -0.508 e. The van der Waals surface area contributed by atoms with Crippen LogP contribution in [0.4, 0.5) is 0 Å². The third kappa shape index (κ3) is 2.73. The van der Waals surface area contributed by atoms with Crippen molar-refractivity contribution in [2.75, 3.05) is 0 Å². The van der Waals surface area contributed by atoms with Crippen molar-refractivity contribution in [3.63, 3.8) is 0 Å². The minimum atomic E-state index is -4.04. The van der Waals surface area contributed by atoms with Crippen LogP contribution in [0, 0.1) is 0 Å². The van der Waals surface area contributed by atoms with Gasteiger partial charge in [-0.05, 0) is 35.7 Å². The highest BCUT2D eigenvalue weighted by Crippen LogP contribution is 2.35. The SMILES string of the molecule is O=S(=O)(Oc1c(Cl)ccc2ccccc12)c1ccc(O)cc1. The molecule has 3 rings (SSSR count). The number of phenols is 1. The van der Waals surface area contributed by atoms with Crippen molar-refractivity contribution in [2.24, 2.45) is 0 Å². The molecule has 112 valence electrons. The van der Waals surface area contributed by atoms with Crippen molar-refractivity contribution in [1.29, 1.82) is 0 Å². The maximum atomic E-state index is 12.3. The molecule has 3 aromatic rings. The molecule has 0 bridgehead atoms. The molecule has 22 heavy (non-hydrogen) atoms. The van der Waals surface area contributed by atoms with Crippen LogP contribution in [0.25, 0.3) is 10.8 Å². The Bertz CT molecular complexity index is 934. The van der Waals surface area contributed by atoms with E-state index in [4.69, 9.17) is 15.8 Å². The van der Waals surface area contributed by atoms with Crippen molar-refractivity contribution in [3.05, 3.63) is 65.7 Å². The van der Waals surface area contributed by atoms with Crippen molar-refractivity contribution in [2.45, 2.75) is 4.90 Å². The van der Waals surface area contributed by atoms with E-state index in [1.165, 1.54) is 24.3 Å². The fourth-order valence-electron chi connectivity index (χ4n) is 2.07. The lowest BCUT2D eigenvalue weighted by Crippen LogP contribution is -2.10. The first kappa shape index (κ1) is 14.7. The molecule has 0 spiro atoms. The molecule has 0 aliphatic carbocycles. The molecule has 3 aromatic carbocycles. The molecule has 4 nitrogen and oxygen atoms in total. The number of benzene rings is 3. The molecule has 0 heterocycles. The number of hydrogen-bond donors (Lipinski definition) is 1. The van der Waals surface area contributed by atoms with Crippen LogP contribution in [0.3, 0.4) is 0 Å². The fourth-order valence-corrected chi connectivity index (χ4v) is 3.29. The first-order valence-electron chi connectivity index (χ1n) is 6.38. The maximum Gasteiger partial charge on any atom is 0.339 e. The number of fused-ring (bicyclic) bond motifs is 1. The van der Waals surface area contributed by atoms with Gasteiger partial charge in [-0.1, -0.05) is 41.9 Å². The summed E-state index contributed by atoms with van der Waals surface area (Å²) in [6, 6.07) is 15.7. The summed E-state index contributed by atoms with van der Waals surface area (Å²) >= 11 is 6.09. The highest BCUT2D eigenvalue weighted by atomic mass is 35.5. The van der Waals surface area contributed by atoms with Gasteiger partial charge in [0.15, 0.2) is 5.75 Å². The Morgan fingerprint density at radius 1 is 0.909 bits per heavy atom. The van der Waals surface area contributed by atoms with E-state index in [1.54, 1.807) is 24.3 Å². The largest absolute Gasteiger partial charge is 0.508 e. The van der Waals surface area contributed by atoms with Gasteiger partial charge in [0.1, 0.15) is 10.6 Å². The second kappa shape index (κ2) is 5.51. The third-order valence-corrected chi connectivity index (χ3v) is 4.68. The molecule has 0 aromatic heterocycles. The molecule has 0 unspecified atom stereocenters. The minimum absolute atomic E-state index is 0.0258. The number of rotatable bonds is 3. The second-order valence-corrected chi connectivity index (χ2v) is 6.58. The Morgan fingerprint density at radius 3 is 2.32 bits per heavy atom. The van der Waals surface area contributed by atoms with Crippen LogP contribution in [0.1, 0.15) is 0 Å². The lowest BCUT2D eigenvalue weighted by Gasteiger charge is -2.11. The Kier molecular flexibility index (Phi) is 3.68. The number of halogens is 1. The smallest absolute Gasteiger partial charge is 0.339 e. The van der Waals surface area contributed by atoms with E-state index in [9.17, 15) is 13.5 Å². The van der Waals surface area contributed by atoms with Gasteiger partial charge in [0.2, 0.25) is 0 Å². The topological polar surface area (TPSA) is 63.6 Å². The predicted octanol–water partition coefficient (Wildman–Crippen LogP) is 3.97. The lowest BCUT2D eigenvalue weighted by atomic mass is 10.1. The van der Waals surface area contributed by atoms with Crippen LogP contribution in [-0.4, -0.2) is 13.5 Å². The summed E-state index contributed by atoms with van der Waals surface area (Å²) in [5.41, 5.74) is 0. The zero-order valence-electron chi connectivity index (χ0n) is 11.2. The molecule has 1 N–H and O–H groups in total. The zero-order chi connectivity index (χ0) is 15.7. The van der Waals surface area contributed by atoms with Crippen LogP contribution in [0.5, 0.6) is 11.5 Å². The van der Waals surface area contributed by atoms with Gasteiger partial charge in [-0.2, -0.15) is 8.42 Å². The molecule has 0 aliphatic heterocycles. The van der Waals surface area contributed by atoms with Crippen molar-refractivity contribution < 1.29 is 17.7 Å². The molecule has 0 fully saturated rings. The summed E-state index contributed by atoms with van der Waals surface area (Å²) in [5, 5.41) is 10.9. The monoisotopic (exact) mass is 334 g/mol. The third-order valence-electron chi connectivity index (χ3n) is 3.15. The molecular weight excluding hydrogens is 324 g/mol. The Balaban J connectivity index is 2.09. The number of aromatic hydroxyl groups is 1. The Hall–Kier alpha value is -2.24. The van der Waals surface area contributed by atoms with E-state index in [0.29, 0.717) is 5.39 Å². The molecular formula is C16H11ClO4S. The first-order chi connectivity index (χ1) is 10.5. The molecule has 0 saturated heterocycles. The quantitative estimate of drug-likeness (QED) is 0.736. The molecule has 0 radical (unpaired) electrons.